The Morgan fingerprint density at radius 2 is 1.85 bits per heavy atom. The van der Waals surface area contributed by atoms with Crippen LogP contribution in [0, 0.1) is 13.7 Å². The highest BCUT2D eigenvalue weighted by Crippen LogP contribution is 2.21. The molecular formula is C13H8ClIN2O3. The topological polar surface area (TPSA) is 72.2 Å². The van der Waals surface area contributed by atoms with Gasteiger partial charge in [0.05, 0.1) is 15.5 Å². The Morgan fingerprint density at radius 3 is 2.45 bits per heavy atom. The van der Waals surface area contributed by atoms with Crippen molar-refractivity contribution in [3.63, 3.8) is 0 Å². The van der Waals surface area contributed by atoms with Gasteiger partial charge in [0.1, 0.15) is 0 Å². The summed E-state index contributed by atoms with van der Waals surface area (Å²) in [6.45, 7) is 0. The lowest BCUT2D eigenvalue weighted by Crippen LogP contribution is -2.12. The van der Waals surface area contributed by atoms with Crippen molar-refractivity contribution in [1.82, 2.24) is 0 Å². The third kappa shape index (κ3) is 3.45. The Kier molecular flexibility index (Phi) is 4.56. The lowest BCUT2D eigenvalue weighted by Gasteiger charge is -2.07. The Bertz CT molecular complexity index is 674. The fourth-order valence-corrected chi connectivity index (χ4v) is 2.23. The minimum atomic E-state index is -0.498. The molecule has 0 saturated heterocycles. The maximum atomic E-state index is 12.1. The Labute approximate surface area is 133 Å². The number of benzene rings is 2. The summed E-state index contributed by atoms with van der Waals surface area (Å²) in [7, 11) is 0. The summed E-state index contributed by atoms with van der Waals surface area (Å²) in [6, 6.07) is 10.7. The van der Waals surface area contributed by atoms with Crippen molar-refractivity contribution in [3.8, 4) is 0 Å². The highest BCUT2D eigenvalue weighted by Gasteiger charge is 2.12. The zero-order chi connectivity index (χ0) is 14.7. The number of anilines is 1. The van der Waals surface area contributed by atoms with Gasteiger partial charge in [-0.05, 0) is 52.9 Å². The van der Waals surface area contributed by atoms with Crippen molar-refractivity contribution >= 4 is 51.5 Å². The average molecular weight is 403 g/mol. The fraction of sp³-hybridized carbons (Fsp3) is 0. The number of nitro benzene ring substituents is 1. The molecule has 0 heterocycles. The zero-order valence-corrected chi connectivity index (χ0v) is 12.9. The predicted molar refractivity (Wildman–Crippen MR) is 85.2 cm³/mol. The standard InChI is InChI=1S/C13H8ClIN2O3/c14-12-6-1-8(15)7-11(12)13(18)16-9-2-4-10(5-3-9)17(19)20/h1-7H,(H,16,18). The van der Waals surface area contributed by atoms with Gasteiger partial charge in [0.25, 0.3) is 11.6 Å². The van der Waals surface area contributed by atoms with Crippen molar-refractivity contribution in [2.45, 2.75) is 0 Å². The van der Waals surface area contributed by atoms with E-state index in [0.717, 1.165) is 3.57 Å². The molecule has 0 aromatic heterocycles. The highest BCUT2D eigenvalue weighted by molar-refractivity contribution is 14.1. The molecule has 2 aromatic rings. The summed E-state index contributed by atoms with van der Waals surface area (Å²) in [6.07, 6.45) is 0. The van der Waals surface area contributed by atoms with Crippen LogP contribution in [-0.4, -0.2) is 10.8 Å². The van der Waals surface area contributed by atoms with Gasteiger partial charge in [0.15, 0.2) is 0 Å². The molecule has 0 bridgehead atoms. The number of hydrogen-bond donors (Lipinski definition) is 1. The van der Waals surface area contributed by atoms with E-state index >= 15 is 0 Å². The molecule has 1 N–H and O–H groups in total. The SMILES string of the molecule is O=C(Nc1ccc([N+](=O)[O-])cc1)c1cc(I)ccc1Cl. The van der Waals surface area contributed by atoms with Crippen molar-refractivity contribution < 1.29 is 9.72 Å². The van der Waals surface area contributed by atoms with Crippen LogP contribution in [-0.2, 0) is 0 Å². The van der Waals surface area contributed by atoms with E-state index in [-0.39, 0.29) is 11.6 Å². The molecule has 0 aliphatic rings. The Balaban J connectivity index is 2.19. The number of amides is 1. The summed E-state index contributed by atoms with van der Waals surface area (Å²) in [5.74, 6) is -0.359. The first-order valence-corrected chi connectivity index (χ1v) is 6.94. The first-order valence-electron chi connectivity index (χ1n) is 5.48. The van der Waals surface area contributed by atoms with Gasteiger partial charge in [-0.15, -0.1) is 0 Å². The Hall–Kier alpha value is -1.67. The van der Waals surface area contributed by atoms with Crippen molar-refractivity contribution in [2.75, 3.05) is 5.32 Å². The van der Waals surface area contributed by atoms with Gasteiger partial charge >= 0.3 is 0 Å². The first kappa shape index (κ1) is 14.7. The van der Waals surface area contributed by atoms with Gasteiger partial charge in [-0.25, -0.2) is 0 Å². The first-order chi connectivity index (χ1) is 9.47. The van der Waals surface area contributed by atoms with Gasteiger partial charge in [-0.2, -0.15) is 0 Å². The van der Waals surface area contributed by atoms with Gasteiger partial charge < -0.3 is 5.32 Å². The van der Waals surface area contributed by atoms with Crippen LogP contribution >= 0.6 is 34.2 Å². The van der Waals surface area contributed by atoms with Crippen LogP contribution in [0.25, 0.3) is 0 Å². The molecule has 0 aliphatic heterocycles. The number of nitrogens with one attached hydrogen (secondary N) is 1. The Morgan fingerprint density at radius 1 is 1.20 bits per heavy atom. The number of nitrogens with zero attached hydrogens (tertiary/aromatic N) is 1. The van der Waals surface area contributed by atoms with Gasteiger partial charge in [-0.3, -0.25) is 14.9 Å². The molecule has 7 heteroatoms. The van der Waals surface area contributed by atoms with Gasteiger partial charge in [0.2, 0.25) is 0 Å². The molecule has 5 nitrogen and oxygen atoms in total. The molecule has 102 valence electrons. The minimum absolute atomic E-state index is 0.0321. The van der Waals surface area contributed by atoms with Gasteiger partial charge in [-0.1, -0.05) is 11.6 Å². The van der Waals surface area contributed by atoms with E-state index in [9.17, 15) is 14.9 Å². The van der Waals surface area contributed by atoms with E-state index in [1.54, 1.807) is 18.2 Å². The highest BCUT2D eigenvalue weighted by atomic mass is 127. The molecule has 2 rings (SSSR count). The number of hydrogen-bond acceptors (Lipinski definition) is 3. The van der Waals surface area contributed by atoms with E-state index in [1.165, 1.54) is 24.3 Å². The quantitative estimate of drug-likeness (QED) is 0.477. The fourth-order valence-electron chi connectivity index (χ4n) is 1.54. The third-order valence-electron chi connectivity index (χ3n) is 2.51. The predicted octanol–water partition coefficient (Wildman–Crippen LogP) is 4.11. The molecule has 0 saturated carbocycles. The minimum Gasteiger partial charge on any atom is -0.322 e. The number of halogens is 2. The number of nitro groups is 1. The van der Waals surface area contributed by atoms with Crippen molar-refractivity contribution in [3.05, 3.63) is 66.7 Å². The largest absolute Gasteiger partial charge is 0.322 e. The second-order valence-electron chi connectivity index (χ2n) is 3.88. The van der Waals surface area contributed by atoms with E-state index in [1.807, 2.05) is 0 Å². The third-order valence-corrected chi connectivity index (χ3v) is 3.51. The van der Waals surface area contributed by atoms with Crippen molar-refractivity contribution in [2.24, 2.45) is 0 Å². The molecule has 2 aromatic carbocycles. The van der Waals surface area contributed by atoms with E-state index in [2.05, 4.69) is 27.9 Å². The number of rotatable bonds is 3. The van der Waals surface area contributed by atoms with Crippen LogP contribution < -0.4 is 5.32 Å². The van der Waals surface area contributed by atoms with Gasteiger partial charge in [0, 0.05) is 21.4 Å². The van der Waals surface area contributed by atoms with E-state index in [0.29, 0.717) is 16.3 Å². The van der Waals surface area contributed by atoms with E-state index < -0.39 is 4.92 Å². The molecule has 0 atom stereocenters. The molecule has 0 radical (unpaired) electrons. The summed E-state index contributed by atoms with van der Waals surface area (Å²) in [5.41, 5.74) is 0.794. The maximum absolute atomic E-state index is 12.1. The average Bonchev–Trinajstić information content (AvgIpc) is 2.42. The molecule has 20 heavy (non-hydrogen) atoms. The van der Waals surface area contributed by atoms with E-state index in [4.69, 9.17) is 11.6 Å². The molecule has 0 unspecified atom stereocenters. The maximum Gasteiger partial charge on any atom is 0.269 e. The number of non-ortho nitro benzene ring substituents is 1. The normalized spacial score (nSPS) is 10.1. The second-order valence-corrected chi connectivity index (χ2v) is 5.54. The molecule has 0 spiro atoms. The van der Waals surface area contributed by atoms with Crippen molar-refractivity contribution in [1.29, 1.82) is 0 Å². The molecular weight excluding hydrogens is 395 g/mol. The zero-order valence-electron chi connectivity index (χ0n) is 9.97. The van der Waals surface area contributed by atoms with Crippen LogP contribution in [0.1, 0.15) is 10.4 Å². The lowest BCUT2D eigenvalue weighted by molar-refractivity contribution is -0.384. The van der Waals surface area contributed by atoms with Crippen LogP contribution in [0.3, 0.4) is 0 Å². The number of carbonyl (C=O) groups excluding carboxylic acids is 1. The molecule has 0 aliphatic carbocycles. The van der Waals surface area contributed by atoms with Crippen LogP contribution in [0.5, 0.6) is 0 Å². The molecule has 0 fully saturated rings. The summed E-state index contributed by atoms with van der Waals surface area (Å²) in [4.78, 5) is 22.1. The smallest absolute Gasteiger partial charge is 0.269 e. The van der Waals surface area contributed by atoms with Crippen LogP contribution in [0.2, 0.25) is 5.02 Å². The van der Waals surface area contributed by atoms with Crippen LogP contribution in [0.15, 0.2) is 42.5 Å². The monoisotopic (exact) mass is 402 g/mol. The van der Waals surface area contributed by atoms with Crippen LogP contribution in [0.4, 0.5) is 11.4 Å². The summed E-state index contributed by atoms with van der Waals surface area (Å²) < 4.78 is 0.890. The molecule has 1 amide bonds. The number of carbonyl (C=O) groups is 1. The summed E-state index contributed by atoms with van der Waals surface area (Å²) >= 11 is 8.06. The second kappa shape index (κ2) is 6.19. The summed E-state index contributed by atoms with van der Waals surface area (Å²) in [5, 5.41) is 13.5. The lowest BCUT2D eigenvalue weighted by atomic mass is 10.2.